The van der Waals surface area contributed by atoms with Gasteiger partial charge in [0.15, 0.2) is 0 Å². The molecular formula is C13H25N3. The molecule has 1 N–H and O–H groups in total. The average molecular weight is 223 g/mol. The second-order valence-electron chi connectivity index (χ2n) is 5.98. The SMILES string of the molecule is CN1CCCC(N2C[C@@H]3CCCN[C@@H]3C2)C1. The van der Waals surface area contributed by atoms with Crippen molar-refractivity contribution in [2.45, 2.75) is 37.8 Å². The molecule has 0 saturated carbocycles. The highest BCUT2D eigenvalue weighted by Crippen LogP contribution is 2.28. The Hall–Kier alpha value is -0.120. The molecule has 3 rings (SSSR count). The lowest BCUT2D eigenvalue weighted by Crippen LogP contribution is -2.46. The predicted molar refractivity (Wildman–Crippen MR) is 66.6 cm³/mol. The molecule has 16 heavy (non-hydrogen) atoms. The zero-order valence-corrected chi connectivity index (χ0v) is 10.5. The minimum Gasteiger partial charge on any atom is -0.312 e. The molecule has 92 valence electrons. The van der Waals surface area contributed by atoms with Crippen LogP contribution in [0.15, 0.2) is 0 Å². The number of nitrogens with one attached hydrogen (secondary N) is 1. The van der Waals surface area contributed by atoms with Gasteiger partial charge in [-0.15, -0.1) is 0 Å². The van der Waals surface area contributed by atoms with Crippen molar-refractivity contribution in [1.82, 2.24) is 15.1 Å². The Morgan fingerprint density at radius 2 is 2.00 bits per heavy atom. The van der Waals surface area contributed by atoms with E-state index < -0.39 is 0 Å². The number of fused-ring (bicyclic) bond motifs is 1. The van der Waals surface area contributed by atoms with Gasteiger partial charge in [-0.2, -0.15) is 0 Å². The Morgan fingerprint density at radius 1 is 1.06 bits per heavy atom. The third-order valence-electron chi connectivity index (χ3n) is 4.74. The van der Waals surface area contributed by atoms with Crippen LogP contribution < -0.4 is 5.32 Å². The van der Waals surface area contributed by atoms with Crippen molar-refractivity contribution in [2.24, 2.45) is 5.92 Å². The van der Waals surface area contributed by atoms with Crippen LogP contribution in [-0.2, 0) is 0 Å². The highest BCUT2D eigenvalue weighted by atomic mass is 15.3. The summed E-state index contributed by atoms with van der Waals surface area (Å²) in [5, 5.41) is 3.71. The van der Waals surface area contributed by atoms with Crippen molar-refractivity contribution in [1.29, 1.82) is 0 Å². The summed E-state index contributed by atoms with van der Waals surface area (Å²) in [6.07, 6.45) is 5.65. The van der Waals surface area contributed by atoms with E-state index >= 15 is 0 Å². The smallest absolute Gasteiger partial charge is 0.0235 e. The Balaban J connectivity index is 1.59. The van der Waals surface area contributed by atoms with Gasteiger partial charge in [-0.1, -0.05) is 0 Å². The van der Waals surface area contributed by atoms with E-state index in [2.05, 4.69) is 22.2 Å². The van der Waals surface area contributed by atoms with Gasteiger partial charge in [0.2, 0.25) is 0 Å². The highest BCUT2D eigenvalue weighted by molar-refractivity contribution is 4.95. The molecule has 0 bridgehead atoms. The second-order valence-corrected chi connectivity index (χ2v) is 5.98. The van der Waals surface area contributed by atoms with Crippen molar-refractivity contribution in [3.05, 3.63) is 0 Å². The largest absolute Gasteiger partial charge is 0.312 e. The molecule has 0 aromatic carbocycles. The van der Waals surface area contributed by atoms with E-state index in [9.17, 15) is 0 Å². The fraction of sp³-hybridized carbons (Fsp3) is 1.00. The molecule has 0 amide bonds. The number of hydrogen-bond acceptors (Lipinski definition) is 3. The van der Waals surface area contributed by atoms with Gasteiger partial charge in [-0.3, -0.25) is 4.90 Å². The zero-order valence-electron chi connectivity index (χ0n) is 10.5. The van der Waals surface area contributed by atoms with Gasteiger partial charge in [-0.05, 0) is 51.7 Å². The van der Waals surface area contributed by atoms with Gasteiger partial charge in [-0.25, -0.2) is 0 Å². The highest BCUT2D eigenvalue weighted by Gasteiger charge is 2.37. The number of rotatable bonds is 1. The standard InChI is InChI=1S/C13H25N3/c1-15-7-3-5-12(9-15)16-8-11-4-2-6-14-13(11)10-16/h11-14H,2-10H2,1H3/t11-,12?,13+/m0/s1. The van der Waals surface area contributed by atoms with Gasteiger partial charge in [0.05, 0.1) is 0 Å². The first-order chi connectivity index (χ1) is 7.83. The van der Waals surface area contributed by atoms with Crippen molar-refractivity contribution >= 4 is 0 Å². The third-order valence-corrected chi connectivity index (χ3v) is 4.74. The molecule has 3 atom stereocenters. The maximum atomic E-state index is 3.71. The molecule has 3 aliphatic rings. The molecular weight excluding hydrogens is 198 g/mol. The van der Waals surface area contributed by atoms with Gasteiger partial charge in [0.1, 0.15) is 0 Å². The Labute approximate surface area is 99.2 Å². The lowest BCUT2D eigenvalue weighted by atomic mass is 9.94. The molecule has 0 aliphatic carbocycles. The lowest BCUT2D eigenvalue weighted by Gasteiger charge is -2.35. The Bertz CT molecular complexity index is 229. The molecule has 1 unspecified atom stereocenters. The van der Waals surface area contributed by atoms with Crippen LogP contribution in [0.3, 0.4) is 0 Å². The van der Waals surface area contributed by atoms with Crippen molar-refractivity contribution in [3.8, 4) is 0 Å². The predicted octanol–water partition coefficient (Wildman–Crippen LogP) is 0.764. The fourth-order valence-corrected chi connectivity index (χ4v) is 3.82. The van der Waals surface area contributed by atoms with E-state index in [4.69, 9.17) is 0 Å². The van der Waals surface area contributed by atoms with E-state index in [1.807, 2.05) is 0 Å². The van der Waals surface area contributed by atoms with E-state index in [1.54, 1.807) is 0 Å². The van der Waals surface area contributed by atoms with Gasteiger partial charge < -0.3 is 10.2 Å². The number of hydrogen-bond donors (Lipinski definition) is 1. The van der Waals surface area contributed by atoms with Crippen LogP contribution in [0.4, 0.5) is 0 Å². The first-order valence-electron chi connectivity index (χ1n) is 6.99. The van der Waals surface area contributed by atoms with Crippen LogP contribution >= 0.6 is 0 Å². The summed E-state index contributed by atoms with van der Waals surface area (Å²) in [4.78, 5) is 5.27. The zero-order chi connectivity index (χ0) is 11.0. The maximum absolute atomic E-state index is 3.71. The number of piperidine rings is 2. The summed E-state index contributed by atoms with van der Waals surface area (Å²) < 4.78 is 0. The number of likely N-dealkylation sites (N-methyl/N-ethyl adjacent to an activating group) is 1. The minimum absolute atomic E-state index is 0.806. The molecule has 0 radical (unpaired) electrons. The number of likely N-dealkylation sites (tertiary alicyclic amines) is 2. The van der Waals surface area contributed by atoms with Crippen LogP contribution in [0.25, 0.3) is 0 Å². The summed E-state index contributed by atoms with van der Waals surface area (Å²) in [5.74, 6) is 0.945. The van der Waals surface area contributed by atoms with Crippen LogP contribution in [0, 0.1) is 5.92 Å². The van der Waals surface area contributed by atoms with Crippen LogP contribution in [0.2, 0.25) is 0 Å². The molecule has 3 saturated heterocycles. The van der Waals surface area contributed by atoms with Crippen molar-refractivity contribution in [3.63, 3.8) is 0 Å². The van der Waals surface area contributed by atoms with Crippen LogP contribution in [0.1, 0.15) is 25.7 Å². The number of nitrogens with zero attached hydrogens (tertiary/aromatic N) is 2. The van der Waals surface area contributed by atoms with Gasteiger partial charge in [0.25, 0.3) is 0 Å². The minimum atomic E-state index is 0.806. The molecule has 3 heteroatoms. The van der Waals surface area contributed by atoms with Crippen molar-refractivity contribution < 1.29 is 0 Å². The van der Waals surface area contributed by atoms with E-state index in [0.29, 0.717) is 0 Å². The third kappa shape index (κ3) is 2.13. The first-order valence-corrected chi connectivity index (χ1v) is 6.99. The van der Waals surface area contributed by atoms with Gasteiger partial charge >= 0.3 is 0 Å². The van der Waals surface area contributed by atoms with E-state index in [-0.39, 0.29) is 0 Å². The summed E-state index contributed by atoms with van der Waals surface area (Å²) in [7, 11) is 2.27. The maximum Gasteiger partial charge on any atom is 0.0235 e. The summed E-state index contributed by atoms with van der Waals surface area (Å²) in [6.45, 7) is 6.51. The summed E-state index contributed by atoms with van der Waals surface area (Å²) in [5.41, 5.74) is 0. The van der Waals surface area contributed by atoms with Crippen molar-refractivity contribution in [2.75, 3.05) is 39.8 Å². The molecule has 3 heterocycles. The van der Waals surface area contributed by atoms with Crippen LogP contribution in [0.5, 0.6) is 0 Å². The first kappa shape index (κ1) is 11.0. The Kier molecular flexibility index (Phi) is 3.18. The normalized spacial score (nSPS) is 42.2. The molecule has 0 aromatic rings. The summed E-state index contributed by atoms with van der Waals surface area (Å²) >= 11 is 0. The molecule has 0 aromatic heterocycles. The molecule has 3 fully saturated rings. The van der Waals surface area contributed by atoms with E-state index in [1.165, 1.54) is 58.4 Å². The molecule has 0 spiro atoms. The quantitative estimate of drug-likeness (QED) is 0.708. The topological polar surface area (TPSA) is 18.5 Å². The summed E-state index contributed by atoms with van der Waals surface area (Å²) in [6, 6.07) is 1.65. The van der Waals surface area contributed by atoms with Crippen LogP contribution in [-0.4, -0.2) is 61.7 Å². The monoisotopic (exact) mass is 223 g/mol. The Morgan fingerprint density at radius 3 is 2.81 bits per heavy atom. The lowest BCUT2D eigenvalue weighted by molar-refractivity contribution is 0.129. The van der Waals surface area contributed by atoms with E-state index in [0.717, 1.165) is 18.0 Å². The molecule has 3 aliphatic heterocycles. The second kappa shape index (κ2) is 4.63. The average Bonchev–Trinajstić information content (AvgIpc) is 2.72. The fourth-order valence-electron chi connectivity index (χ4n) is 3.82. The van der Waals surface area contributed by atoms with Gasteiger partial charge in [0, 0.05) is 31.7 Å². The molecule has 3 nitrogen and oxygen atoms in total.